The van der Waals surface area contributed by atoms with E-state index >= 15 is 0 Å². The van der Waals surface area contributed by atoms with Crippen molar-refractivity contribution in [3.8, 4) is 5.69 Å². The first kappa shape index (κ1) is 21.9. The molecule has 164 valence electrons. The van der Waals surface area contributed by atoms with Gasteiger partial charge in [0.15, 0.2) is 0 Å². The Morgan fingerprint density at radius 2 is 1.81 bits per heavy atom. The molecule has 2 aromatic carbocycles. The van der Waals surface area contributed by atoms with Crippen LogP contribution in [0.2, 0.25) is 10.0 Å². The number of aromatic nitrogens is 3. The molecule has 3 N–H and O–H groups in total. The monoisotopic (exact) mass is 469 g/mol. The number of pyridine rings is 1. The van der Waals surface area contributed by atoms with Crippen molar-refractivity contribution in [2.75, 3.05) is 10.6 Å². The van der Waals surface area contributed by atoms with Gasteiger partial charge in [-0.25, -0.2) is 9.48 Å². The van der Waals surface area contributed by atoms with E-state index in [0.717, 1.165) is 16.8 Å². The number of H-pyrrole nitrogens is 1. The molecule has 0 saturated heterocycles. The Kier molecular flexibility index (Phi) is 5.71. The second kappa shape index (κ2) is 8.33. The molecular weight excluding hydrogens is 449 g/mol. The van der Waals surface area contributed by atoms with E-state index in [-0.39, 0.29) is 16.0 Å². The zero-order valence-corrected chi connectivity index (χ0v) is 19.2. The van der Waals surface area contributed by atoms with Gasteiger partial charge in [-0.1, -0.05) is 50.0 Å². The number of hydrogen-bond acceptors (Lipinski definition) is 3. The van der Waals surface area contributed by atoms with Crippen molar-refractivity contribution in [1.82, 2.24) is 14.8 Å². The first-order valence-corrected chi connectivity index (χ1v) is 10.6. The van der Waals surface area contributed by atoms with E-state index in [9.17, 15) is 9.59 Å². The molecule has 32 heavy (non-hydrogen) atoms. The lowest BCUT2D eigenvalue weighted by Crippen LogP contribution is -2.21. The van der Waals surface area contributed by atoms with Gasteiger partial charge in [0, 0.05) is 28.5 Å². The molecule has 0 spiro atoms. The topological polar surface area (TPSA) is 91.8 Å². The van der Waals surface area contributed by atoms with Crippen LogP contribution in [0, 0.1) is 0 Å². The Bertz CT molecular complexity index is 1390. The fourth-order valence-corrected chi connectivity index (χ4v) is 3.52. The fourth-order valence-electron chi connectivity index (χ4n) is 3.18. The summed E-state index contributed by atoms with van der Waals surface area (Å²) < 4.78 is 1.66. The third-order valence-electron chi connectivity index (χ3n) is 4.87. The quantitative estimate of drug-likeness (QED) is 0.345. The first-order chi connectivity index (χ1) is 15.1. The molecule has 2 heterocycles. The Hall–Kier alpha value is -3.29. The average molecular weight is 470 g/mol. The molecule has 0 aliphatic carbocycles. The smallest absolute Gasteiger partial charge is 0.322 e. The summed E-state index contributed by atoms with van der Waals surface area (Å²) in [6.45, 7) is 6.13. The van der Waals surface area contributed by atoms with Gasteiger partial charge < -0.3 is 10.3 Å². The third kappa shape index (κ3) is 4.49. The van der Waals surface area contributed by atoms with E-state index in [0.29, 0.717) is 22.0 Å². The van der Waals surface area contributed by atoms with Crippen LogP contribution in [0.3, 0.4) is 0 Å². The van der Waals surface area contributed by atoms with Gasteiger partial charge >= 0.3 is 6.03 Å². The van der Waals surface area contributed by atoms with Crippen molar-refractivity contribution in [3.05, 3.63) is 80.7 Å². The first-order valence-electron chi connectivity index (χ1n) is 9.88. The number of nitrogens with zero attached hydrogens (tertiary/aromatic N) is 2. The predicted molar refractivity (Wildman–Crippen MR) is 129 cm³/mol. The van der Waals surface area contributed by atoms with Gasteiger partial charge in [0.05, 0.1) is 27.1 Å². The lowest BCUT2D eigenvalue weighted by molar-refractivity contribution is 0.262. The third-order valence-corrected chi connectivity index (χ3v) is 5.69. The van der Waals surface area contributed by atoms with E-state index < -0.39 is 6.03 Å². The highest BCUT2D eigenvalue weighted by atomic mass is 35.5. The lowest BCUT2D eigenvalue weighted by Gasteiger charge is -2.14. The van der Waals surface area contributed by atoms with Crippen LogP contribution in [-0.2, 0) is 5.41 Å². The summed E-state index contributed by atoms with van der Waals surface area (Å²) in [5, 5.41) is 11.7. The number of amides is 2. The molecule has 0 aliphatic heterocycles. The molecule has 0 bridgehead atoms. The highest BCUT2D eigenvalue weighted by Gasteiger charge is 2.22. The van der Waals surface area contributed by atoms with Crippen LogP contribution in [0.1, 0.15) is 26.5 Å². The molecule has 0 radical (unpaired) electrons. The number of aromatic amines is 1. The summed E-state index contributed by atoms with van der Waals surface area (Å²) in [5.41, 5.74) is 2.24. The highest BCUT2D eigenvalue weighted by molar-refractivity contribution is 6.44. The summed E-state index contributed by atoms with van der Waals surface area (Å²) in [7, 11) is 0. The zero-order chi connectivity index (χ0) is 23.0. The number of anilines is 2. The SMILES string of the molecule is CC(C)(C)c1cc(NC(=O)Nc2cccc(Cl)c2Cl)n(-c2ccc3[nH]c(=O)ccc3c2)n1. The summed E-state index contributed by atoms with van der Waals surface area (Å²) in [5.74, 6) is 0.481. The number of rotatable bonds is 3. The van der Waals surface area contributed by atoms with Crippen molar-refractivity contribution in [2.24, 2.45) is 0 Å². The second-order valence-corrected chi connectivity index (χ2v) is 9.14. The summed E-state index contributed by atoms with van der Waals surface area (Å²) in [6, 6.07) is 15.1. The van der Waals surface area contributed by atoms with Crippen LogP contribution in [0.5, 0.6) is 0 Å². The Morgan fingerprint density at radius 1 is 1.03 bits per heavy atom. The minimum absolute atomic E-state index is 0.168. The van der Waals surface area contributed by atoms with Gasteiger partial charge in [-0.15, -0.1) is 0 Å². The minimum Gasteiger partial charge on any atom is -0.322 e. The number of nitrogens with one attached hydrogen (secondary N) is 3. The largest absolute Gasteiger partial charge is 0.324 e. The van der Waals surface area contributed by atoms with Gasteiger partial charge in [-0.05, 0) is 36.4 Å². The molecule has 0 atom stereocenters. The normalized spacial score (nSPS) is 11.5. The molecule has 7 nitrogen and oxygen atoms in total. The van der Waals surface area contributed by atoms with Crippen molar-refractivity contribution >= 4 is 51.6 Å². The van der Waals surface area contributed by atoms with Crippen LogP contribution in [0.15, 0.2) is 59.4 Å². The number of urea groups is 1. The van der Waals surface area contributed by atoms with Crippen LogP contribution < -0.4 is 16.2 Å². The predicted octanol–water partition coefficient (Wildman–Crippen LogP) is 5.96. The van der Waals surface area contributed by atoms with Crippen molar-refractivity contribution in [2.45, 2.75) is 26.2 Å². The molecule has 0 saturated carbocycles. The maximum atomic E-state index is 12.7. The number of carbonyl (C=O) groups excluding carboxylic acids is 1. The maximum absolute atomic E-state index is 12.7. The van der Waals surface area contributed by atoms with Gasteiger partial charge in [0.25, 0.3) is 0 Å². The van der Waals surface area contributed by atoms with Crippen molar-refractivity contribution in [3.63, 3.8) is 0 Å². The minimum atomic E-state index is -0.485. The van der Waals surface area contributed by atoms with E-state index in [1.807, 2.05) is 39.0 Å². The van der Waals surface area contributed by atoms with Crippen molar-refractivity contribution in [1.29, 1.82) is 0 Å². The number of carbonyl (C=O) groups is 1. The second-order valence-electron chi connectivity index (χ2n) is 8.35. The molecule has 0 aliphatic rings. The van der Waals surface area contributed by atoms with Crippen LogP contribution >= 0.6 is 23.2 Å². The molecule has 2 amide bonds. The standard InChI is InChI=1S/C23H21Cl2N5O2/c1-23(2,3)18-12-19(28-22(32)27-17-6-4-5-15(24)21(17)25)30(29-18)14-8-9-16-13(11-14)7-10-20(31)26-16/h4-12H,1-3H3,(H,26,31)(H2,27,28,32). The van der Waals surface area contributed by atoms with E-state index in [4.69, 9.17) is 28.3 Å². The molecule has 0 fully saturated rings. The molecular formula is C23H21Cl2N5O2. The molecule has 4 rings (SSSR count). The molecule has 0 unspecified atom stereocenters. The maximum Gasteiger partial charge on any atom is 0.324 e. The lowest BCUT2D eigenvalue weighted by atomic mass is 9.92. The van der Waals surface area contributed by atoms with Gasteiger partial charge in [-0.2, -0.15) is 5.10 Å². The number of fused-ring (bicyclic) bond motifs is 1. The Morgan fingerprint density at radius 3 is 2.56 bits per heavy atom. The summed E-state index contributed by atoms with van der Waals surface area (Å²) >= 11 is 12.2. The van der Waals surface area contributed by atoms with E-state index in [1.165, 1.54) is 6.07 Å². The van der Waals surface area contributed by atoms with Crippen LogP contribution in [0.25, 0.3) is 16.6 Å². The van der Waals surface area contributed by atoms with Crippen molar-refractivity contribution < 1.29 is 4.79 Å². The summed E-state index contributed by atoms with van der Waals surface area (Å²) in [6.07, 6.45) is 0. The van der Waals surface area contributed by atoms with Gasteiger partial charge in [0.1, 0.15) is 5.82 Å². The van der Waals surface area contributed by atoms with Gasteiger partial charge in [-0.3, -0.25) is 10.1 Å². The molecule has 9 heteroatoms. The van der Waals surface area contributed by atoms with Gasteiger partial charge in [0.2, 0.25) is 5.56 Å². The summed E-state index contributed by atoms with van der Waals surface area (Å²) in [4.78, 5) is 27.1. The van der Waals surface area contributed by atoms with Crippen LogP contribution in [0.4, 0.5) is 16.3 Å². The fraction of sp³-hybridized carbons (Fsp3) is 0.174. The van der Waals surface area contributed by atoms with Crippen LogP contribution in [-0.4, -0.2) is 20.8 Å². The molecule has 2 aromatic heterocycles. The zero-order valence-electron chi connectivity index (χ0n) is 17.7. The number of hydrogen-bond donors (Lipinski definition) is 3. The van der Waals surface area contributed by atoms with E-state index in [2.05, 4.69) is 15.6 Å². The Balaban J connectivity index is 1.71. The highest BCUT2D eigenvalue weighted by Crippen LogP contribution is 2.30. The van der Waals surface area contributed by atoms with E-state index in [1.54, 1.807) is 35.0 Å². The Labute approximate surface area is 194 Å². The number of halogens is 2. The average Bonchev–Trinajstić information content (AvgIpc) is 3.15. The molecule has 4 aromatic rings. The number of benzene rings is 2.